The maximum Gasteiger partial charge on any atom is 0.335 e. The minimum Gasteiger partial charge on any atom is -0.489 e. The van der Waals surface area contributed by atoms with Crippen molar-refractivity contribution in [2.45, 2.75) is 27.4 Å². The fourth-order valence-electron chi connectivity index (χ4n) is 2.11. The van der Waals surface area contributed by atoms with Crippen LogP contribution in [0.15, 0.2) is 36.4 Å². The van der Waals surface area contributed by atoms with Crippen LogP contribution in [0.4, 0.5) is 0 Å². The second-order valence-electron chi connectivity index (χ2n) is 5.00. The molecule has 0 aromatic heterocycles. The Bertz CT molecular complexity index is 645. The molecular formula is C17H18O3. The molecule has 3 heteroatoms. The van der Waals surface area contributed by atoms with Gasteiger partial charge >= 0.3 is 5.97 Å². The first kappa shape index (κ1) is 14.1. The molecule has 0 unspecified atom stereocenters. The van der Waals surface area contributed by atoms with E-state index >= 15 is 0 Å². The van der Waals surface area contributed by atoms with E-state index in [4.69, 9.17) is 9.84 Å². The van der Waals surface area contributed by atoms with E-state index in [0.717, 1.165) is 22.4 Å². The van der Waals surface area contributed by atoms with Crippen LogP contribution in [-0.4, -0.2) is 11.1 Å². The zero-order chi connectivity index (χ0) is 14.7. The summed E-state index contributed by atoms with van der Waals surface area (Å²) in [6.07, 6.45) is 0. The summed E-state index contributed by atoms with van der Waals surface area (Å²) in [4.78, 5) is 10.9. The van der Waals surface area contributed by atoms with Crippen molar-refractivity contribution in [3.05, 3.63) is 64.2 Å². The molecule has 20 heavy (non-hydrogen) atoms. The average molecular weight is 270 g/mol. The van der Waals surface area contributed by atoms with Crippen LogP contribution in [0.5, 0.6) is 5.75 Å². The van der Waals surface area contributed by atoms with Gasteiger partial charge < -0.3 is 9.84 Å². The molecule has 0 amide bonds. The van der Waals surface area contributed by atoms with E-state index in [-0.39, 0.29) is 0 Å². The molecule has 0 aliphatic rings. The topological polar surface area (TPSA) is 46.5 Å². The normalized spacial score (nSPS) is 10.3. The van der Waals surface area contributed by atoms with E-state index in [0.29, 0.717) is 12.2 Å². The largest absolute Gasteiger partial charge is 0.489 e. The van der Waals surface area contributed by atoms with Gasteiger partial charge in [0.1, 0.15) is 12.4 Å². The molecule has 0 bridgehead atoms. The molecule has 0 aliphatic carbocycles. The third kappa shape index (κ3) is 3.18. The van der Waals surface area contributed by atoms with Gasteiger partial charge in [-0.05, 0) is 55.7 Å². The van der Waals surface area contributed by atoms with Crippen LogP contribution in [0.25, 0.3) is 0 Å². The van der Waals surface area contributed by atoms with Crippen molar-refractivity contribution in [3.63, 3.8) is 0 Å². The van der Waals surface area contributed by atoms with E-state index in [2.05, 4.69) is 6.07 Å². The number of carboxylic acids is 1. The van der Waals surface area contributed by atoms with Crippen LogP contribution in [0, 0.1) is 20.8 Å². The summed E-state index contributed by atoms with van der Waals surface area (Å²) in [6.45, 7) is 6.40. The highest BCUT2D eigenvalue weighted by Crippen LogP contribution is 2.21. The molecule has 3 nitrogen and oxygen atoms in total. The van der Waals surface area contributed by atoms with Crippen molar-refractivity contribution >= 4 is 5.97 Å². The fraction of sp³-hybridized carbons (Fsp3) is 0.235. The number of rotatable bonds is 4. The second kappa shape index (κ2) is 5.78. The lowest BCUT2D eigenvalue weighted by molar-refractivity contribution is 0.0696. The predicted molar refractivity (Wildman–Crippen MR) is 78.4 cm³/mol. The van der Waals surface area contributed by atoms with E-state index < -0.39 is 5.97 Å². The summed E-state index contributed by atoms with van der Waals surface area (Å²) in [5, 5.41) is 8.94. The maximum absolute atomic E-state index is 10.9. The third-order valence-electron chi connectivity index (χ3n) is 3.30. The summed E-state index contributed by atoms with van der Waals surface area (Å²) in [5.74, 6) is -0.0488. The monoisotopic (exact) mass is 270 g/mol. The minimum absolute atomic E-state index is 0.303. The lowest BCUT2D eigenvalue weighted by Gasteiger charge is -2.12. The Labute approximate surface area is 118 Å². The zero-order valence-corrected chi connectivity index (χ0v) is 11.9. The lowest BCUT2D eigenvalue weighted by atomic mass is 10.1. The average Bonchev–Trinajstić information content (AvgIpc) is 2.38. The highest BCUT2D eigenvalue weighted by atomic mass is 16.5. The van der Waals surface area contributed by atoms with Gasteiger partial charge in [0.2, 0.25) is 0 Å². The fourth-order valence-corrected chi connectivity index (χ4v) is 2.11. The van der Waals surface area contributed by atoms with Crippen molar-refractivity contribution in [3.8, 4) is 5.75 Å². The summed E-state index contributed by atoms with van der Waals surface area (Å²) in [5.41, 5.74) is 4.53. The Hall–Kier alpha value is -2.29. The van der Waals surface area contributed by atoms with Crippen molar-refractivity contribution in [1.29, 1.82) is 0 Å². The zero-order valence-electron chi connectivity index (χ0n) is 11.9. The quantitative estimate of drug-likeness (QED) is 0.916. The molecule has 0 fully saturated rings. The minimum atomic E-state index is -0.907. The van der Waals surface area contributed by atoms with Gasteiger partial charge in [-0.25, -0.2) is 4.79 Å². The second-order valence-corrected chi connectivity index (χ2v) is 5.00. The van der Waals surface area contributed by atoms with Crippen LogP contribution in [0.3, 0.4) is 0 Å². The number of benzene rings is 2. The van der Waals surface area contributed by atoms with Gasteiger partial charge in [-0.1, -0.05) is 23.8 Å². The third-order valence-corrected chi connectivity index (χ3v) is 3.30. The van der Waals surface area contributed by atoms with Crippen LogP contribution >= 0.6 is 0 Å². The van der Waals surface area contributed by atoms with Crippen molar-refractivity contribution in [1.82, 2.24) is 0 Å². The maximum atomic E-state index is 10.9. The van der Waals surface area contributed by atoms with Crippen LogP contribution in [0.1, 0.15) is 32.6 Å². The first-order valence-electron chi connectivity index (χ1n) is 6.50. The Balaban J connectivity index is 2.13. The summed E-state index contributed by atoms with van der Waals surface area (Å²) >= 11 is 0. The molecule has 1 N–H and O–H groups in total. The van der Waals surface area contributed by atoms with Gasteiger partial charge in [-0.3, -0.25) is 0 Å². The van der Waals surface area contributed by atoms with E-state index in [9.17, 15) is 4.79 Å². The van der Waals surface area contributed by atoms with E-state index in [1.807, 2.05) is 39.0 Å². The van der Waals surface area contributed by atoms with Crippen LogP contribution in [-0.2, 0) is 6.61 Å². The van der Waals surface area contributed by atoms with E-state index in [1.165, 1.54) is 5.56 Å². The number of hydrogen-bond donors (Lipinski definition) is 1. The first-order valence-corrected chi connectivity index (χ1v) is 6.50. The molecule has 0 spiro atoms. The molecule has 2 aromatic rings. The molecule has 2 aromatic carbocycles. The number of aryl methyl sites for hydroxylation is 3. The lowest BCUT2D eigenvalue weighted by Crippen LogP contribution is -2.02. The predicted octanol–water partition coefficient (Wildman–Crippen LogP) is 3.89. The van der Waals surface area contributed by atoms with Gasteiger partial charge in [0.15, 0.2) is 0 Å². The van der Waals surface area contributed by atoms with Gasteiger partial charge in [0.25, 0.3) is 0 Å². The molecule has 2 rings (SSSR count). The number of aromatic carboxylic acids is 1. The summed E-state index contributed by atoms with van der Waals surface area (Å²) < 4.78 is 5.81. The molecule has 0 saturated carbocycles. The Morgan fingerprint density at radius 3 is 2.40 bits per heavy atom. The number of carboxylic acid groups (broad SMARTS) is 1. The SMILES string of the molecule is Cc1ccc(OCc2ccc(C(=O)O)cc2C)c(C)c1. The Morgan fingerprint density at radius 1 is 1.05 bits per heavy atom. The number of hydrogen-bond acceptors (Lipinski definition) is 2. The molecule has 0 heterocycles. The Morgan fingerprint density at radius 2 is 1.80 bits per heavy atom. The summed E-state index contributed by atoms with van der Waals surface area (Å²) in [6, 6.07) is 11.1. The van der Waals surface area contributed by atoms with E-state index in [1.54, 1.807) is 12.1 Å². The van der Waals surface area contributed by atoms with Crippen LogP contribution < -0.4 is 4.74 Å². The highest BCUT2D eigenvalue weighted by Gasteiger charge is 2.07. The van der Waals surface area contributed by atoms with Gasteiger partial charge in [-0.15, -0.1) is 0 Å². The number of ether oxygens (including phenoxy) is 1. The van der Waals surface area contributed by atoms with Crippen molar-refractivity contribution < 1.29 is 14.6 Å². The van der Waals surface area contributed by atoms with Crippen molar-refractivity contribution in [2.24, 2.45) is 0 Å². The smallest absolute Gasteiger partial charge is 0.335 e. The van der Waals surface area contributed by atoms with Gasteiger partial charge in [0, 0.05) is 0 Å². The molecule has 0 atom stereocenters. The standard InChI is InChI=1S/C17H18O3/c1-11-4-7-16(13(3)8-11)20-10-15-6-5-14(17(18)19)9-12(15)2/h4-9H,10H2,1-3H3,(H,18,19). The molecule has 104 valence electrons. The first-order chi connectivity index (χ1) is 9.47. The molecule has 0 radical (unpaired) electrons. The highest BCUT2D eigenvalue weighted by molar-refractivity contribution is 5.87. The van der Waals surface area contributed by atoms with Crippen molar-refractivity contribution in [2.75, 3.05) is 0 Å². The molecule has 0 saturated heterocycles. The molecule has 0 aliphatic heterocycles. The Kier molecular flexibility index (Phi) is 4.08. The van der Waals surface area contributed by atoms with Gasteiger partial charge in [0.05, 0.1) is 5.56 Å². The molecular weight excluding hydrogens is 252 g/mol. The van der Waals surface area contributed by atoms with Crippen LogP contribution in [0.2, 0.25) is 0 Å². The summed E-state index contributed by atoms with van der Waals surface area (Å²) in [7, 11) is 0. The van der Waals surface area contributed by atoms with Gasteiger partial charge in [-0.2, -0.15) is 0 Å². The number of carbonyl (C=O) groups is 1.